The van der Waals surface area contributed by atoms with Crippen LogP contribution in [0.1, 0.15) is 27.8 Å². The van der Waals surface area contributed by atoms with Crippen molar-refractivity contribution in [3.05, 3.63) is 88.0 Å². The number of hydrogen-bond acceptors (Lipinski definition) is 2. The van der Waals surface area contributed by atoms with Gasteiger partial charge in [0.05, 0.1) is 18.2 Å². The van der Waals surface area contributed by atoms with E-state index in [1.54, 1.807) is 31.4 Å². The van der Waals surface area contributed by atoms with Crippen LogP contribution < -0.4 is 4.74 Å². The second-order valence-electron chi connectivity index (χ2n) is 6.39. The van der Waals surface area contributed by atoms with Crippen LogP contribution in [0.2, 0.25) is 0 Å². The zero-order chi connectivity index (χ0) is 20.3. The Labute approximate surface area is 163 Å². The topological polar surface area (TPSA) is 33.0 Å². The first-order valence-corrected chi connectivity index (χ1v) is 8.59. The zero-order valence-electron chi connectivity index (χ0n) is 15.7. The first-order chi connectivity index (χ1) is 13.4. The smallest absolute Gasteiger partial charge is 0.141 e. The van der Waals surface area contributed by atoms with Gasteiger partial charge in [0.1, 0.15) is 23.5 Å². The maximum Gasteiger partial charge on any atom is 0.141 e. The standard InChI is InChI=1S/C24H17F2NO/c1-15-10-21(28-3)11-16(2)22(15)9-8-17-4-5-18(12-23(17)25)19-6-7-20(14-27)24(26)13-19/h4-7,10-13H,1-3H3. The third-order valence-electron chi connectivity index (χ3n) is 4.46. The van der Waals surface area contributed by atoms with E-state index in [1.165, 1.54) is 18.2 Å². The maximum absolute atomic E-state index is 14.5. The normalized spacial score (nSPS) is 10.0. The largest absolute Gasteiger partial charge is 0.497 e. The summed E-state index contributed by atoms with van der Waals surface area (Å²) in [5.41, 5.74) is 3.96. The molecule has 28 heavy (non-hydrogen) atoms. The summed E-state index contributed by atoms with van der Waals surface area (Å²) in [5, 5.41) is 8.81. The summed E-state index contributed by atoms with van der Waals surface area (Å²) >= 11 is 0. The molecule has 0 aliphatic carbocycles. The number of rotatable bonds is 2. The number of nitriles is 1. The molecule has 3 aromatic carbocycles. The third kappa shape index (κ3) is 3.87. The minimum atomic E-state index is -0.630. The SMILES string of the molecule is COc1cc(C)c(C#Cc2ccc(-c3ccc(C#N)c(F)c3)cc2F)c(C)c1. The second kappa shape index (κ2) is 7.94. The van der Waals surface area contributed by atoms with Crippen LogP contribution in [0, 0.1) is 48.7 Å². The number of nitrogens with zero attached hydrogens (tertiary/aromatic N) is 1. The van der Waals surface area contributed by atoms with E-state index in [9.17, 15) is 8.78 Å². The molecule has 0 heterocycles. The molecule has 4 heteroatoms. The molecule has 3 aromatic rings. The molecular weight excluding hydrogens is 356 g/mol. The van der Waals surface area contributed by atoms with Gasteiger partial charge in [-0.1, -0.05) is 24.0 Å². The monoisotopic (exact) mass is 373 g/mol. The summed E-state index contributed by atoms with van der Waals surface area (Å²) < 4.78 is 33.6. The average Bonchev–Trinajstić information content (AvgIpc) is 2.68. The molecular formula is C24H17F2NO. The first kappa shape index (κ1) is 19.1. The van der Waals surface area contributed by atoms with Crippen molar-refractivity contribution < 1.29 is 13.5 Å². The highest BCUT2D eigenvalue weighted by atomic mass is 19.1. The van der Waals surface area contributed by atoms with Gasteiger partial charge in [0.2, 0.25) is 0 Å². The Kier molecular flexibility index (Phi) is 5.43. The van der Waals surface area contributed by atoms with Crippen LogP contribution in [-0.4, -0.2) is 7.11 Å². The molecule has 3 rings (SSSR count). The van der Waals surface area contributed by atoms with E-state index in [0.29, 0.717) is 11.1 Å². The van der Waals surface area contributed by atoms with Crippen molar-refractivity contribution in [3.63, 3.8) is 0 Å². The molecule has 0 amide bonds. The molecule has 0 spiro atoms. The highest BCUT2D eigenvalue weighted by molar-refractivity contribution is 5.66. The predicted octanol–water partition coefficient (Wildman–Crippen LogP) is 5.53. The van der Waals surface area contributed by atoms with Crippen molar-refractivity contribution in [2.24, 2.45) is 0 Å². The molecule has 0 N–H and O–H groups in total. The molecule has 0 saturated heterocycles. The molecule has 138 valence electrons. The molecule has 0 radical (unpaired) electrons. The van der Waals surface area contributed by atoms with Crippen LogP contribution in [0.4, 0.5) is 8.78 Å². The molecule has 0 aliphatic rings. The Hall–Kier alpha value is -3.63. The first-order valence-electron chi connectivity index (χ1n) is 8.59. The summed E-state index contributed by atoms with van der Waals surface area (Å²) in [6.07, 6.45) is 0. The van der Waals surface area contributed by atoms with E-state index >= 15 is 0 Å². The minimum absolute atomic E-state index is 0.0445. The third-order valence-corrected chi connectivity index (χ3v) is 4.46. The van der Waals surface area contributed by atoms with Crippen molar-refractivity contribution in [3.8, 4) is 34.8 Å². The van der Waals surface area contributed by atoms with Crippen molar-refractivity contribution in [2.75, 3.05) is 7.11 Å². The van der Waals surface area contributed by atoms with Crippen molar-refractivity contribution in [1.82, 2.24) is 0 Å². The van der Waals surface area contributed by atoms with Gasteiger partial charge >= 0.3 is 0 Å². The highest BCUT2D eigenvalue weighted by Crippen LogP contribution is 2.24. The average molecular weight is 373 g/mol. The van der Waals surface area contributed by atoms with Crippen molar-refractivity contribution in [1.29, 1.82) is 5.26 Å². The quantitative estimate of drug-likeness (QED) is 0.554. The lowest BCUT2D eigenvalue weighted by molar-refractivity contribution is 0.414. The lowest BCUT2D eigenvalue weighted by Crippen LogP contribution is -1.92. The Morgan fingerprint density at radius 2 is 1.32 bits per heavy atom. The van der Waals surface area contributed by atoms with E-state index in [-0.39, 0.29) is 11.1 Å². The Morgan fingerprint density at radius 3 is 1.79 bits per heavy atom. The number of benzene rings is 3. The summed E-state index contributed by atoms with van der Waals surface area (Å²) in [4.78, 5) is 0. The zero-order valence-corrected chi connectivity index (χ0v) is 15.7. The Morgan fingerprint density at radius 1 is 0.786 bits per heavy atom. The fraction of sp³-hybridized carbons (Fsp3) is 0.125. The van der Waals surface area contributed by atoms with Crippen LogP contribution >= 0.6 is 0 Å². The van der Waals surface area contributed by atoms with Crippen LogP contribution in [0.3, 0.4) is 0 Å². The maximum atomic E-state index is 14.5. The van der Waals surface area contributed by atoms with E-state index in [0.717, 1.165) is 22.4 Å². The molecule has 0 atom stereocenters. The van der Waals surface area contributed by atoms with E-state index in [4.69, 9.17) is 10.00 Å². The van der Waals surface area contributed by atoms with E-state index in [1.807, 2.05) is 26.0 Å². The van der Waals surface area contributed by atoms with E-state index in [2.05, 4.69) is 11.8 Å². The van der Waals surface area contributed by atoms with Gasteiger partial charge in [-0.25, -0.2) is 8.78 Å². The highest BCUT2D eigenvalue weighted by Gasteiger charge is 2.08. The van der Waals surface area contributed by atoms with Crippen LogP contribution in [0.5, 0.6) is 5.75 Å². The van der Waals surface area contributed by atoms with Gasteiger partial charge < -0.3 is 4.74 Å². The van der Waals surface area contributed by atoms with Gasteiger partial charge in [0, 0.05) is 5.56 Å². The fourth-order valence-corrected chi connectivity index (χ4v) is 2.95. The fourth-order valence-electron chi connectivity index (χ4n) is 2.95. The molecule has 0 bridgehead atoms. The Balaban J connectivity index is 1.94. The van der Waals surface area contributed by atoms with Crippen molar-refractivity contribution >= 4 is 0 Å². The van der Waals surface area contributed by atoms with E-state index < -0.39 is 11.6 Å². The lowest BCUT2D eigenvalue weighted by Gasteiger charge is -2.07. The van der Waals surface area contributed by atoms with Gasteiger partial charge in [-0.15, -0.1) is 0 Å². The molecule has 0 aliphatic heterocycles. The van der Waals surface area contributed by atoms with Gasteiger partial charge in [-0.2, -0.15) is 5.26 Å². The van der Waals surface area contributed by atoms with Crippen LogP contribution in [-0.2, 0) is 0 Å². The number of halogens is 2. The summed E-state index contributed by atoms with van der Waals surface area (Å²) in [5.74, 6) is 5.54. The lowest BCUT2D eigenvalue weighted by atomic mass is 10.0. The molecule has 0 unspecified atom stereocenters. The molecule has 0 fully saturated rings. The van der Waals surface area contributed by atoms with Gasteiger partial charge in [-0.05, 0) is 72.5 Å². The molecule has 0 saturated carbocycles. The van der Waals surface area contributed by atoms with Gasteiger partial charge in [-0.3, -0.25) is 0 Å². The number of ether oxygens (including phenoxy) is 1. The second-order valence-corrected chi connectivity index (χ2v) is 6.39. The number of hydrogen-bond donors (Lipinski definition) is 0. The van der Waals surface area contributed by atoms with Gasteiger partial charge in [0.25, 0.3) is 0 Å². The van der Waals surface area contributed by atoms with Crippen molar-refractivity contribution in [2.45, 2.75) is 13.8 Å². The van der Waals surface area contributed by atoms with Crippen LogP contribution in [0.25, 0.3) is 11.1 Å². The van der Waals surface area contributed by atoms with Crippen LogP contribution in [0.15, 0.2) is 48.5 Å². The number of aryl methyl sites for hydroxylation is 2. The number of methoxy groups -OCH3 is 1. The molecule has 2 nitrogen and oxygen atoms in total. The predicted molar refractivity (Wildman–Crippen MR) is 105 cm³/mol. The summed E-state index contributed by atoms with van der Waals surface area (Å²) in [6, 6.07) is 14.3. The summed E-state index contributed by atoms with van der Waals surface area (Å²) in [6.45, 7) is 3.86. The summed E-state index contributed by atoms with van der Waals surface area (Å²) in [7, 11) is 1.61. The minimum Gasteiger partial charge on any atom is -0.497 e. The Bertz CT molecular complexity index is 1140. The van der Waals surface area contributed by atoms with Gasteiger partial charge in [0.15, 0.2) is 0 Å². The molecule has 0 aromatic heterocycles.